The Kier molecular flexibility index (Phi) is 5.30. The van der Waals surface area contributed by atoms with Gasteiger partial charge in [-0.1, -0.05) is 29.8 Å². The molecule has 0 radical (unpaired) electrons. The van der Waals surface area contributed by atoms with Gasteiger partial charge in [0.2, 0.25) is 0 Å². The molecule has 0 saturated carbocycles. The lowest BCUT2D eigenvalue weighted by Gasteiger charge is -2.28. The monoisotopic (exact) mass is 419 g/mol. The Morgan fingerprint density at radius 2 is 1.73 bits per heavy atom. The van der Waals surface area contributed by atoms with Crippen LogP contribution in [0.2, 0.25) is 5.02 Å². The second-order valence-electron chi connectivity index (χ2n) is 7.52. The second-order valence-corrected chi connectivity index (χ2v) is 7.95. The number of nitrogens with zero attached hydrogens (tertiary/aromatic N) is 1. The molecule has 2 heterocycles. The van der Waals surface area contributed by atoms with E-state index in [1.807, 2.05) is 48.5 Å². The van der Waals surface area contributed by atoms with E-state index < -0.39 is 0 Å². The van der Waals surface area contributed by atoms with Crippen LogP contribution >= 0.6 is 11.6 Å². The first kappa shape index (κ1) is 19.0. The fraction of sp³-hybridized carbons (Fsp3) is 0.208. The van der Waals surface area contributed by atoms with E-state index >= 15 is 0 Å². The molecule has 0 spiro atoms. The summed E-state index contributed by atoms with van der Waals surface area (Å²) in [6.45, 7) is 2.18. The molecule has 0 unspecified atom stereocenters. The van der Waals surface area contributed by atoms with Crippen molar-refractivity contribution in [2.24, 2.45) is 4.99 Å². The van der Waals surface area contributed by atoms with Crippen LogP contribution in [-0.4, -0.2) is 25.1 Å². The van der Waals surface area contributed by atoms with E-state index in [1.165, 1.54) is 5.56 Å². The summed E-state index contributed by atoms with van der Waals surface area (Å²) in [6, 6.07) is 22.2. The molecule has 0 amide bonds. The molecule has 3 aromatic carbocycles. The van der Waals surface area contributed by atoms with E-state index in [4.69, 9.17) is 26.1 Å². The van der Waals surface area contributed by atoms with Gasteiger partial charge in [-0.25, -0.2) is 0 Å². The van der Waals surface area contributed by atoms with Gasteiger partial charge in [0.25, 0.3) is 0 Å². The van der Waals surface area contributed by atoms with Gasteiger partial charge in [0.15, 0.2) is 0 Å². The third kappa shape index (κ3) is 4.42. The number of halogens is 1. The number of hydrogen-bond acceptors (Lipinski definition) is 4. The molecular weight excluding hydrogens is 398 g/mol. The number of hydrogen-bond donors (Lipinski definition) is 2. The zero-order valence-corrected chi connectivity index (χ0v) is 17.2. The van der Waals surface area contributed by atoms with Crippen molar-refractivity contribution in [3.05, 3.63) is 82.9 Å². The normalized spacial score (nSPS) is 16.6. The lowest BCUT2D eigenvalue weighted by molar-refractivity contribution is 0.0211. The van der Waals surface area contributed by atoms with Crippen LogP contribution in [0, 0.1) is 0 Å². The lowest BCUT2D eigenvalue weighted by atomic mass is 10.1. The highest BCUT2D eigenvalue weighted by Gasteiger charge is 2.20. The average molecular weight is 420 g/mol. The fourth-order valence-electron chi connectivity index (χ4n) is 3.46. The highest BCUT2D eigenvalue weighted by molar-refractivity contribution is 6.30. The Hall–Kier alpha value is -3.02. The predicted molar refractivity (Wildman–Crippen MR) is 121 cm³/mol. The van der Waals surface area contributed by atoms with E-state index in [1.54, 1.807) is 0 Å². The summed E-state index contributed by atoms with van der Waals surface area (Å²) in [7, 11) is 0. The van der Waals surface area contributed by atoms with E-state index in [9.17, 15) is 0 Å². The van der Waals surface area contributed by atoms with Gasteiger partial charge in [0.05, 0.1) is 25.8 Å². The summed E-state index contributed by atoms with van der Waals surface area (Å²) >= 11 is 5.91. The Morgan fingerprint density at radius 3 is 2.43 bits per heavy atom. The maximum Gasteiger partial charge on any atom is 0.127 e. The summed E-state index contributed by atoms with van der Waals surface area (Å²) in [4.78, 5) is 4.76. The zero-order chi connectivity index (χ0) is 20.3. The van der Waals surface area contributed by atoms with Crippen LogP contribution < -0.4 is 15.4 Å². The van der Waals surface area contributed by atoms with Crippen molar-refractivity contribution in [2.75, 3.05) is 23.8 Å². The summed E-state index contributed by atoms with van der Waals surface area (Å²) < 4.78 is 11.1. The molecule has 5 nitrogen and oxygen atoms in total. The summed E-state index contributed by atoms with van der Waals surface area (Å²) in [5.41, 5.74) is 4.66. The molecule has 152 valence electrons. The Morgan fingerprint density at radius 1 is 1.00 bits per heavy atom. The average Bonchev–Trinajstić information content (AvgIpc) is 3.14. The van der Waals surface area contributed by atoms with Crippen molar-refractivity contribution in [3.63, 3.8) is 0 Å². The van der Waals surface area contributed by atoms with E-state index in [-0.39, 0.29) is 0 Å². The number of anilines is 2. The quantitative estimate of drug-likeness (QED) is 0.553. The van der Waals surface area contributed by atoms with Gasteiger partial charge in [-0.2, -0.15) is 0 Å². The number of ether oxygens (including phenoxy) is 2. The van der Waals surface area contributed by atoms with Crippen LogP contribution in [0.5, 0.6) is 11.5 Å². The van der Waals surface area contributed by atoms with Crippen molar-refractivity contribution >= 4 is 28.8 Å². The van der Waals surface area contributed by atoms with Crippen LogP contribution in [0.4, 0.5) is 11.4 Å². The molecule has 2 N–H and O–H groups in total. The standard InChI is InChI=1S/C24H22ClN3O2/c25-18-4-9-22(10-5-18)30-21-7-1-16(2-8-21)13-26-24-11-17-3-6-19(12-23(17)28-24)27-20-14-29-15-20/h1-10,12,20,27H,11,13-15H2,(H,26,28). The Balaban J connectivity index is 1.18. The van der Waals surface area contributed by atoms with Crippen molar-refractivity contribution in [2.45, 2.75) is 19.0 Å². The number of nitrogens with one attached hydrogen (secondary N) is 2. The van der Waals surface area contributed by atoms with Gasteiger partial charge in [-0.05, 0) is 59.7 Å². The third-order valence-corrected chi connectivity index (χ3v) is 5.43. The Labute approximate surface area is 180 Å². The number of benzene rings is 3. The van der Waals surface area contributed by atoms with Crippen LogP contribution in [-0.2, 0) is 17.7 Å². The third-order valence-electron chi connectivity index (χ3n) is 5.18. The van der Waals surface area contributed by atoms with Gasteiger partial charge in [-0.3, -0.25) is 4.99 Å². The first-order chi connectivity index (χ1) is 14.7. The maximum atomic E-state index is 5.91. The fourth-order valence-corrected chi connectivity index (χ4v) is 3.58. The van der Waals surface area contributed by atoms with Crippen molar-refractivity contribution in [1.82, 2.24) is 0 Å². The molecular formula is C24H22ClN3O2. The number of aliphatic imine (C=N–C) groups is 1. The van der Waals surface area contributed by atoms with E-state index in [0.29, 0.717) is 17.6 Å². The van der Waals surface area contributed by atoms with Gasteiger partial charge < -0.3 is 20.1 Å². The van der Waals surface area contributed by atoms with Crippen LogP contribution in [0.3, 0.4) is 0 Å². The van der Waals surface area contributed by atoms with Gasteiger partial charge in [0.1, 0.15) is 17.3 Å². The molecule has 3 aromatic rings. The van der Waals surface area contributed by atoms with Crippen molar-refractivity contribution in [3.8, 4) is 11.5 Å². The van der Waals surface area contributed by atoms with Crippen LogP contribution in [0.15, 0.2) is 71.7 Å². The lowest BCUT2D eigenvalue weighted by Crippen LogP contribution is -2.40. The molecule has 0 aromatic heterocycles. The predicted octanol–water partition coefficient (Wildman–Crippen LogP) is 5.51. The highest BCUT2D eigenvalue weighted by atomic mass is 35.5. The molecule has 5 rings (SSSR count). The molecule has 0 aliphatic carbocycles. The molecule has 30 heavy (non-hydrogen) atoms. The molecule has 6 heteroatoms. The molecule has 2 aliphatic heterocycles. The topological polar surface area (TPSA) is 54.9 Å². The Bertz CT molecular complexity index is 1060. The number of amidine groups is 1. The largest absolute Gasteiger partial charge is 0.457 e. The SMILES string of the molecule is Clc1ccc(Oc2ccc(CN=C3Cc4ccc(NC5COC5)cc4N3)cc2)cc1. The van der Waals surface area contributed by atoms with Gasteiger partial charge in [0, 0.05) is 22.8 Å². The summed E-state index contributed by atoms with van der Waals surface area (Å²) in [5, 5.41) is 7.62. The number of rotatable bonds is 6. The van der Waals surface area contributed by atoms with Gasteiger partial charge >= 0.3 is 0 Å². The van der Waals surface area contributed by atoms with E-state index in [2.05, 4.69) is 28.8 Å². The van der Waals surface area contributed by atoms with Crippen molar-refractivity contribution < 1.29 is 9.47 Å². The molecule has 0 bridgehead atoms. The minimum Gasteiger partial charge on any atom is -0.457 e. The van der Waals surface area contributed by atoms with Crippen LogP contribution in [0.1, 0.15) is 11.1 Å². The molecule has 1 saturated heterocycles. The number of fused-ring (bicyclic) bond motifs is 1. The smallest absolute Gasteiger partial charge is 0.127 e. The zero-order valence-electron chi connectivity index (χ0n) is 16.4. The maximum absolute atomic E-state index is 5.91. The van der Waals surface area contributed by atoms with Gasteiger partial charge in [-0.15, -0.1) is 0 Å². The highest BCUT2D eigenvalue weighted by Crippen LogP contribution is 2.28. The first-order valence-corrected chi connectivity index (χ1v) is 10.4. The first-order valence-electron chi connectivity index (χ1n) is 10.0. The van der Waals surface area contributed by atoms with Crippen LogP contribution in [0.25, 0.3) is 0 Å². The van der Waals surface area contributed by atoms with Crippen molar-refractivity contribution in [1.29, 1.82) is 0 Å². The minimum atomic E-state index is 0.421. The summed E-state index contributed by atoms with van der Waals surface area (Å²) in [6.07, 6.45) is 0.833. The molecule has 0 atom stereocenters. The summed E-state index contributed by atoms with van der Waals surface area (Å²) in [5.74, 6) is 2.55. The molecule has 1 fully saturated rings. The second kappa shape index (κ2) is 8.38. The van der Waals surface area contributed by atoms with E-state index in [0.717, 1.165) is 53.9 Å². The molecule has 2 aliphatic rings. The minimum absolute atomic E-state index is 0.421.